The van der Waals surface area contributed by atoms with Gasteiger partial charge < -0.3 is 10.0 Å². The summed E-state index contributed by atoms with van der Waals surface area (Å²) in [5.74, 6) is 5.16. The van der Waals surface area contributed by atoms with Crippen LogP contribution >= 0.6 is 0 Å². The van der Waals surface area contributed by atoms with Gasteiger partial charge in [0.1, 0.15) is 0 Å². The van der Waals surface area contributed by atoms with Crippen molar-refractivity contribution in [2.75, 3.05) is 19.6 Å². The first-order chi connectivity index (χ1) is 21.2. The number of carbonyl (C=O) groups is 1. The molecule has 0 bridgehead atoms. The number of benzene rings is 3. The van der Waals surface area contributed by atoms with Crippen molar-refractivity contribution in [3.05, 3.63) is 134 Å². The van der Waals surface area contributed by atoms with Gasteiger partial charge in [-0.15, -0.1) is 0 Å². The Bertz CT molecular complexity index is 1590. The van der Waals surface area contributed by atoms with Crippen molar-refractivity contribution in [2.24, 2.45) is 5.84 Å². The van der Waals surface area contributed by atoms with Crippen LogP contribution in [0.2, 0.25) is 0 Å². The number of hydrogen-bond donors (Lipinski definition) is 2. The number of hydrazine groups is 1. The largest absolute Gasteiger partial charge is 0.480 e. The van der Waals surface area contributed by atoms with Crippen LogP contribution in [0.5, 0.6) is 0 Å². The van der Waals surface area contributed by atoms with E-state index in [2.05, 4.69) is 59.5 Å². The van der Waals surface area contributed by atoms with Gasteiger partial charge in [0.2, 0.25) is 0 Å². The highest BCUT2D eigenvalue weighted by Crippen LogP contribution is 2.48. The number of likely N-dealkylation sites (tertiary alicyclic amines) is 1. The minimum absolute atomic E-state index is 0.00966. The number of nitrogens with zero attached hydrogens (tertiary/aromatic N) is 4. The van der Waals surface area contributed by atoms with E-state index in [1.807, 2.05) is 12.1 Å². The average Bonchev–Trinajstić information content (AvgIpc) is 3.05. The van der Waals surface area contributed by atoms with Gasteiger partial charge in [-0.2, -0.15) is 5.26 Å². The summed E-state index contributed by atoms with van der Waals surface area (Å²) < 4.78 is 0. The predicted octanol–water partition coefficient (Wildman–Crippen LogP) is 6.04. The highest BCUT2D eigenvalue weighted by atomic mass is 16.6. The van der Waals surface area contributed by atoms with Crippen LogP contribution in [0.3, 0.4) is 0 Å². The molecular weight excluding hydrogens is 554 g/mol. The second kappa shape index (κ2) is 12.4. The van der Waals surface area contributed by atoms with E-state index in [1.54, 1.807) is 13.8 Å². The van der Waals surface area contributed by atoms with E-state index < -0.39 is 16.3 Å². The highest BCUT2D eigenvalue weighted by molar-refractivity contribution is 5.93. The molecule has 9 heteroatoms. The first-order valence-electron chi connectivity index (χ1n) is 14.8. The Morgan fingerprint density at radius 1 is 0.932 bits per heavy atom. The molecular formula is C35H37N5O4. The smallest absolute Gasteiger partial charge is 0.323 e. The van der Waals surface area contributed by atoms with Crippen molar-refractivity contribution in [3.8, 4) is 6.07 Å². The molecule has 3 aromatic carbocycles. The molecule has 226 valence electrons. The summed E-state index contributed by atoms with van der Waals surface area (Å²) in [4.78, 5) is 26.5. The number of piperidine rings is 1. The maximum atomic E-state index is 13.3. The molecule has 0 aromatic heterocycles. The molecule has 1 unspecified atom stereocenters. The second-order valence-corrected chi connectivity index (χ2v) is 11.6. The molecule has 1 saturated heterocycles. The Labute approximate surface area is 257 Å². The lowest BCUT2D eigenvalue weighted by atomic mass is 9.65. The number of hydrogen-bond acceptors (Lipinski definition) is 7. The average molecular weight is 592 g/mol. The van der Waals surface area contributed by atoms with Crippen LogP contribution in [-0.2, 0) is 15.6 Å². The first kappa shape index (κ1) is 30.7. The van der Waals surface area contributed by atoms with Gasteiger partial charge >= 0.3 is 5.97 Å². The van der Waals surface area contributed by atoms with Gasteiger partial charge in [0.25, 0.3) is 5.69 Å². The molecule has 0 radical (unpaired) electrons. The SMILES string of the molecule is CC1=C(C#N)C(C(=O)O)(c2ccc([N+](=O)[O-])cc2)C(CCCN2CCC(c3ccccc3)(c3ccccc3)CC2)=C(C)N1N. The second-order valence-electron chi connectivity index (χ2n) is 11.6. The number of nitrogens with two attached hydrogens (primary N) is 1. The van der Waals surface area contributed by atoms with E-state index in [9.17, 15) is 25.3 Å². The molecule has 0 spiro atoms. The standard InChI is InChI=1S/C35H37N5O4/c1-25-31(35(33(41)42,32(24-36)26(2)39(25)37)29-15-17-30(18-16-29)40(43)44)14-9-21-38-22-19-34(20-23-38,27-10-5-3-6-11-27)28-12-7-4-8-13-28/h3-8,10-13,15-18H,9,14,19-23,37H2,1-2H3,(H,41,42). The summed E-state index contributed by atoms with van der Waals surface area (Å²) in [7, 11) is 0. The Hall–Kier alpha value is -4.78. The molecule has 1 atom stereocenters. The van der Waals surface area contributed by atoms with E-state index in [0.717, 1.165) is 32.5 Å². The lowest BCUT2D eigenvalue weighted by molar-refractivity contribution is -0.384. The summed E-state index contributed by atoms with van der Waals surface area (Å²) in [5.41, 5.74) is 2.33. The minimum Gasteiger partial charge on any atom is -0.480 e. The normalized spacial score (nSPS) is 20.4. The number of non-ortho nitro benzene ring substituents is 1. The van der Waals surface area contributed by atoms with E-state index in [-0.39, 0.29) is 16.7 Å². The molecule has 44 heavy (non-hydrogen) atoms. The van der Waals surface area contributed by atoms with Gasteiger partial charge in [0, 0.05) is 28.9 Å². The van der Waals surface area contributed by atoms with Crippen molar-refractivity contribution in [2.45, 2.75) is 50.4 Å². The quantitative estimate of drug-likeness (QED) is 0.175. The third kappa shape index (κ3) is 5.17. The molecule has 3 N–H and O–H groups in total. The fraction of sp³-hybridized carbons (Fsp3) is 0.314. The van der Waals surface area contributed by atoms with E-state index in [0.29, 0.717) is 35.4 Å². The summed E-state index contributed by atoms with van der Waals surface area (Å²) >= 11 is 0. The van der Waals surface area contributed by atoms with Gasteiger partial charge in [0.15, 0.2) is 5.41 Å². The zero-order valence-corrected chi connectivity index (χ0v) is 25.1. The lowest BCUT2D eigenvalue weighted by Gasteiger charge is -2.43. The van der Waals surface area contributed by atoms with Crippen LogP contribution in [0.15, 0.2) is 107 Å². The van der Waals surface area contributed by atoms with Crippen LogP contribution in [0.4, 0.5) is 5.69 Å². The van der Waals surface area contributed by atoms with Crippen LogP contribution < -0.4 is 5.84 Å². The van der Waals surface area contributed by atoms with Crippen molar-refractivity contribution in [3.63, 3.8) is 0 Å². The Morgan fingerprint density at radius 3 is 1.95 bits per heavy atom. The molecule has 0 aliphatic carbocycles. The van der Waals surface area contributed by atoms with Gasteiger partial charge in [-0.1, -0.05) is 72.8 Å². The maximum absolute atomic E-state index is 13.3. The lowest BCUT2D eigenvalue weighted by Crippen LogP contribution is -2.48. The number of nitro benzene ring substituents is 1. The monoisotopic (exact) mass is 591 g/mol. The Morgan fingerprint density at radius 2 is 1.48 bits per heavy atom. The minimum atomic E-state index is -1.80. The number of nitro groups is 1. The topological polar surface area (TPSA) is 137 Å². The molecule has 2 aliphatic rings. The molecule has 9 nitrogen and oxygen atoms in total. The fourth-order valence-electron chi connectivity index (χ4n) is 7.15. The number of aliphatic carboxylic acids is 1. The number of carboxylic acid groups (broad SMARTS) is 1. The van der Waals surface area contributed by atoms with Gasteiger partial charge in [-0.25, -0.2) is 5.84 Å². The van der Waals surface area contributed by atoms with Crippen LogP contribution in [0.25, 0.3) is 0 Å². The molecule has 3 aromatic rings. The van der Waals surface area contributed by atoms with Gasteiger partial charge in [-0.3, -0.25) is 19.9 Å². The summed E-state index contributed by atoms with van der Waals surface area (Å²) in [5, 5.41) is 33.8. The van der Waals surface area contributed by atoms with E-state index in [4.69, 9.17) is 5.84 Å². The molecule has 0 amide bonds. The highest BCUT2D eigenvalue weighted by Gasteiger charge is 2.52. The van der Waals surface area contributed by atoms with Crippen molar-refractivity contribution < 1.29 is 14.8 Å². The summed E-state index contributed by atoms with van der Waals surface area (Å²) in [6.07, 6.45) is 2.97. The third-order valence-corrected chi connectivity index (χ3v) is 9.56. The number of rotatable bonds is 9. The Balaban J connectivity index is 1.40. The number of carboxylic acids is 1. The molecule has 5 rings (SSSR count). The van der Waals surface area contributed by atoms with Crippen LogP contribution in [0, 0.1) is 21.4 Å². The Kier molecular flexibility index (Phi) is 8.68. The zero-order chi connectivity index (χ0) is 31.5. The first-order valence-corrected chi connectivity index (χ1v) is 14.8. The number of allylic oxidation sites excluding steroid dienone is 2. The maximum Gasteiger partial charge on any atom is 0.323 e. The van der Waals surface area contributed by atoms with Crippen LogP contribution in [0.1, 0.15) is 56.2 Å². The van der Waals surface area contributed by atoms with Crippen molar-refractivity contribution in [1.82, 2.24) is 9.91 Å². The number of nitriles is 1. The fourth-order valence-corrected chi connectivity index (χ4v) is 7.15. The molecule has 0 saturated carbocycles. The van der Waals surface area contributed by atoms with Crippen LogP contribution in [-0.4, -0.2) is 45.5 Å². The van der Waals surface area contributed by atoms with Gasteiger partial charge in [0.05, 0.1) is 16.6 Å². The summed E-state index contributed by atoms with van der Waals surface area (Å²) in [6.45, 7) is 5.92. The van der Waals surface area contributed by atoms with Crippen molar-refractivity contribution in [1.29, 1.82) is 5.26 Å². The van der Waals surface area contributed by atoms with E-state index >= 15 is 0 Å². The molecule has 2 aliphatic heterocycles. The molecule has 1 fully saturated rings. The summed E-state index contributed by atoms with van der Waals surface area (Å²) in [6, 6.07) is 28.9. The van der Waals surface area contributed by atoms with E-state index in [1.165, 1.54) is 40.4 Å². The van der Waals surface area contributed by atoms with Gasteiger partial charge in [-0.05, 0) is 81.4 Å². The van der Waals surface area contributed by atoms with Crippen molar-refractivity contribution >= 4 is 11.7 Å². The zero-order valence-electron chi connectivity index (χ0n) is 25.1. The predicted molar refractivity (Wildman–Crippen MR) is 168 cm³/mol. The third-order valence-electron chi connectivity index (χ3n) is 9.56. The molecule has 2 heterocycles.